The summed E-state index contributed by atoms with van der Waals surface area (Å²) in [6, 6.07) is 8.13. The van der Waals surface area contributed by atoms with Gasteiger partial charge in [-0.1, -0.05) is 30.3 Å². The molecule has 96 valence electrons. The van der Waals surface area contributed by atoms with Crippen LogP contribution in [0.25, 0.3) is 0 Å². The fourth-order valence-corrected chi connectivity index (χ4v) is 2.08. The second-order valence-corrected chi connectivity index (χ2v) is 4.41. The Morgan fingerprint density at radius 3 is 2.78 bits per heavy atom. The maximum Gasteiger partial charge on any atom is 0.122 e. The Hall–Kier alpha value is -1.84. The Morgan fingerprint density at radius 2 is 2.11 bits per heavy atom. The fraction of sp³-hybridized carbons (Fsp3) is 0.429. The van der Waals surface area contributed by atoms with E-state index in [2.05, 4.69) is 30.2 Å². The molecule has 0 N–H and O–H groups in total. The number of benzene rings is 1. The molecule has 0 radical (unpaired) electrons. The van der Waals surface area contributed by atoms with Crippen molar-refractivity contribution in [1.29, 1.82) is 0 Å². The van der Waals surface area contributed by atoms with Crippen LogP contribution in [0.5, 0.6) is 5.75 Å². The van der Waals surface area contributed by atoms with E-state index >= 15 is 0 Å². The summed E-state index contributed by atoms with van der Waals surface area (Å²) in [4.78, 5) is 0. The van der Waals surface area contributed by atoms with E-state index in [9.17, 15) is 0 Å². The lowest BCUT2D eigenvalue weighted by Gasteiger charge is -2.14. The molecule has 0 fully saturated rings. The zero-order valence-electron chi connectivity index (χ0n) is 11.1. The van der Waals surface area contributed by atoms with Crippen LogP contribution in [0.4, 0.5) is 0 Å². The first-order valence-corrected chi connectivity index (χ1v) is 6.26. The van der Waals surface area contributed by atoms with Gasteiger partial charge in [-0.05, 0) is 30.9 Å². The fourth-order valence-electron chi connectivity index (χ4n) is 2.08. The van der Waals surface area contributed by atoms with Crippen molar-refractivity contribution in [3.8, 4) is 5.75 Å². The number of aromatic nitrogens is 3. The Kier molecular flexibility index (Phi) is 3.97. The van der Waals surface area contributed by atoms with Gasteiger partial charge >= 0.3 is 0 Å². The second kappa shape index (κ2) is 5.67. The smallest absolute Gasteiger partial charge is 0.122 e. The zero-order valence-corrected chi connectivity index (χ0v) is 11.1. The SMILES string of the molecule is CCn1cc(CC(C)c2ccccc2OC)nn1. The molecule has 0 amide bonds. The van der Waals surface area contributed by atoms with Gasteiger partial charge < -0.3 is 4.74 Å². The number of hydrogen-bond donors (Lipinski definition) is 0. The summed E-state index contributed by atoms with van der Waals surface area (Å²) in [6.45, 7) is 5.10. The normalized spacial score (nSPS) is 12.4. The molecule has 0 aliphatic rings. The van der Waals surface area contributed by atoms with Gasteiger partial charge in [-0.25, -0.2) is 0 Å². The number of para-hydroxylation sites is 1. The average molecular weight is 245 g/mol. The molecule has 0 aliphatic heterocycles. The van der Waals surface area contributed by atoms with Crippen molar-refractivity contribution < 1.29 is 4.74 Å². The van der Waals surface area contributed by atoms with Crippen LogP contribution in [0.15, 0.2) is 30.5 Å². The number of rotatable bonds is 5. The Bertz CT molecular complexity index is 507. The van der Waals surface area contributed by atoms with Gasteiger partial charge in [0.05, 0.1) is 12.8 Å². The molecule has 0 bridgehead atoms. The van der Waals surface area contributed by atoms with E-state index in [0.717, 1.165) is 24.4 Å². The van der Waals surface area contributed by atoms with E-state index in [1.54, 1.807) is 7.11 Å². The van der Waals surface area contributed by atoms with Crippen molar-refractivity contribution in [2.45, 2.75) is 32.7 Å². The predicted molar refractivity (Wildman–Crippen MR) is 70.8 cm³/mol. The Labute approximate surface area is 108 Å². The summed E-state index contributed by atoms with van der Waals surface area (Å²) >= 11 is 0. The van der Waals surface area contributed by atoms with Crippen LogP contribution in [-0.2, 0) is 13.0 Å². The molecule has 0 saturated heterocycles. The maximum absolute atomic E-state index is 5.39. The van der Waals surface area contributed by atoms with E-state index < -0.39 is 0 Å². The van der Waals surface area contributed by atoms with Crippen molar-refractivity contribution in [3.63, 3.8) is 0 Å². The Balaban J connectivity index is 2.13. The molecule has 1 atom stereocenters. The third-order valence-electron chi connectivity index (χ3n) is 3.10. The highest BCUT2D eigenvalue weighted by Gasteiger charge is 2.13. The molecule has 1 heterocycles. The maximum atomic E-state index is 5.39. The van der Waals surface area contributed by atoms with E-state index in [0.29, 0.717) is 5.92 Å². The van der Waals surface area contributed by atoms with Gasteiger partial charge in [0, 0.05) is 12.7 Å². The monoisotopic (exact) mass is 245 g/mol. The highest BCUT2D eigenvalue weighted by atomic mass is 16.5. The van der Waals surface area contributed by atoms with Crippen LogP contribution in [0, 0.1) is 0 Å². The van der Waals surface area contributed by atoms with Crippen molar-refractivity contribution in [3.05, 3.63) is 41.7 Å². The lowest BCUT2D eigenvalue weighted by molar-refractivity contribution is 0.406. The standard InChI is InChI=1S/C14H19N3O/c1-4-17-10-12(15-16-17)9-11(2)13-7-5-6-8-14(13)18-3/h5-8,10-11H,4,9H2,1-3H3. The van der Waals surface area contributed by atoms with Crippen molar-refractivity contribution in [1.82, 2.24) is 15.0 Å². The summed E-state index contributed by atoms with van der Waals surface area (Å²) < 4.78 is 7.24. The third kappa shape index (κ3) is 2.70. The van der Waals surface area contributed by atoms with Crippen molar-refractivity contribution in [2.24, 2.45) is 0 Å². The molecular formula is C14H19N3O. The molecule has 1 aromatic carbocycles. The van der Waals surface area contributed by atoms with E-state index in [1.165, 1.54) is 5.56 Å². The highest BCUT2D eigenvalue weighted by molar-refractivity contribution is 5.36. The molecule has 2 aromatic rings. The molecule has 0 saturated carbocycles. The quantitative estimate of drug-likeness (QED) is 0.813. The molecule has 18 heavy (non-hydrogen) atoms. The van der Waals surface area contributed by atoms with Crippen LogP contribution in [0.2, 0.25) is 0 Å². The molecule has 0 aliphatic carbocycles. The average Bonchev–Trinajstić information content (AvgIpc) is 2.86. The van der Waals surface area contributed by atoms with Gasteiger partial charge in [-0.15, -0.1) is 5.10 Å². The number of nitrogens with zero attached hydrogens (tertiary/aromatic N) is 3. The van der Waals surface area contributed by atoms with Gasteiger partial charge in [0.2, 0.25) is 0 Å². The molecular weight excluding hydrogens is 226 g/mol. The minimum atomic E-state index is 0.364. The van der Waals surface area contributed by atoms with Gasteiger partial charge in [-0.2, -0.15) is 0 Å². The summed E-state index contributed by atoms with van der Waals surface area (Å²) in [5.41, 5.74) is 2.24. The minimum absolute atomic E-state index is 0.364. The first kappa shape index (κ1) is 12.6. The van der Waals surface area contributed by atoms with Crippen LogP contribution in [-0.4, -0.2) is 22.1 Å². The summed E-state index contributed by atoms with van der Waals surface area (Å²) in [6.07, 6.45) is 2.88. The van der Waals surface area contributed by atoms with Crippen LogP contribution < -0.4 is 4.74 Å². The number of methoxy groups -OCH3 is 1. The van der Waals surface area contributed by atoms with Crippen molar-refractivity contribution >= 4 is 0 Å². The second-order valence-electron chi connectivity index (χ2n) is 4.41. The molecule has 1 aromatic heterocycles. The Morgan fingerprint density at radius 1 is 1.33 bits per heavy atom. The number of aryl methyl sites for hydroxylation is 1. The first-order chi connectivity index (χ1) is 8.74. The van der Waals surface area contributed by atoms with E-state index in [1.807, 2.05) is 29.1 Å². The number of hydrogen-bond acceptors (Lipinski definition) is 3. The lowest BCUT2D eigenvalue weighted by atomic mass is 9.95. The largest absolute Gasteiger partial charge is 0.496 e. The predicted octanol–water partition coefficient (Wildman–Crippen LogP) is 2.65. The van der Waals surface area contributed by atoms with Gasteiger partial charge in [0.1, 0.15) is 5.75 Å². The highest BCUT2D eigenvalue weighted by Crippen LogP contribution is 2.28. The molecule has 4 nitrogen and oxygen atoms in total. The molecule has 4 heteroatoms. The first-order valence-electron chi connectivity index (χ1n) is 6.26. The van der Waals surface area contributed by atoms with Crippen LogP contribution >= 0.6 is 0 Å². The summed E-state index contributed by atoms with van der Waals surface area (Å²) in [5.74, 6) is 1.30. The third-order valence-corrected chi connectivity index (χ3v) is 3.10. The summed E-state index contributed by atoms with van der Waals surface area (Å²) in [5, 5.41) is 8.24. The lowest BCUT2D eigenvalue weighted by Crippen LogP contribution is -2.01. The summed E-state index contributed by atoms with van der Waals surface area (Å²) in [7, 11) is 1.71. The van der Waals surface area contributed by atoms with Crippen LogP contribution in [0.1, 0.15) is 31.0 Å². The van der Waals surface area contributed by atoms with Gasteiger partial charge in [0.15, 0.2) is 0 Å². The molecule has 1 unspecified atom stereocenters. The van der Waals surface area contributed by atoms with Gasteiger partial charge in [0.25, 0.3) is 0 Å². The van der Waals surface area contributed by atoms with Crippen LogP contribution in [0.3, 0.4) is 0 Å². The minimum Gasteiger partial charge on any atom is -0.496 e. The zero-order chi connectivity index (χ0) is 13.0. The van der Waals surface area contributed by atoms with Gasteiger partial charge in [-0.3, -0.25) is 4.68 Å². The molecule has 0 spiro atoms. The van der Waals surface area contributed by atoms with E-state index in [-0.39, 0.29) is 0 Å². The molecule has 2 rings (SSSR count). The topological polar surface area (TPSA) is 39.9 Å². The van der Waals surface area contributed by atoms with E-state index in [4.69, 9.17) is 4.74 Å². The number of ether oxygens (including phenoxy) is 1. The van der Waals surface area contributed by atoms with Crippen molar-refractivity contribution in [2.75, 3.05) is 7.11 Å².